The standard InChI is InChI=1S/C20H17NO2/c1-4-15-6-5-7-17(10-15)21-12-16-11-19(22)23-20-14(3)13(2)8-9-18(16)20/h1,5-11,21H,12H2,2-3H3. The van der Waals surface area contributed by atoms with Crippen molar-refractivity contribution in [3.05, 3.63) is 75.1 Å². The van der Waals surface area contributed by atoms with Crippen molar-refractivity contribution < 1.29 is 4.42 Å². The summed E-state index contributed by atoms with van der Waals surface area (Å²) >= 11 is 0. The smallest absolute Gasteiger partial charge is 0.336 e. The molecular formula is C20H17NO2. The molecule has 0 atom stereocenters. The molecule has 3 rings (SSSR count). The number of rotatable bonds is 3. The van der Waals surface area contributed by atoms with Crippen LogP contribution in [0.5, 0.6) is 0 Å². The van der Waals surface area contributed by atoms with Gasteiger partial charge in [-0.2, -0.15) is 0 Å². The molecule has 3 nitrogen and oxygen atoms in total. The van der Waals surface area contributed by atoms with Gasteiger partial charge in [-0.25, -0.2) is 4.79 Å². The molecule has 0 unspecified atom stereocenters. The zero-order valence-corrected chi connectivity index (χ0v) is 13.1. The molecular weight excluding hydrogens is 286 g/mol. The predicted molar refractivity (Wildman–Crippen MR) is 93.7 cm³/mol. The van der Waals surface area contributed by atoms with Crippen molar-refractivity contribution in [1.82, 2.24) is 0 Å². The average Bonchev–Trinajstić information content (AvgIpc) is 2.56. The topological polar surface area (TPSA) is 42.2 Å². The van der Waals surface area contributed by atoms with E-state index in [1.807, 2.05) is 50.2 Å². The van der Waals surface area contributed by atoms with E-state index in [0.717, 1.165) is 33.3 Å². The fourth-order valence-electron chi connectivity index (χ4n) is 2.59. The Morgan fingerprint density at radius 2 is 2.00 bits per heavy atom. The highest BCUT2D eigenvalue weighted by Gasteiger charge is 2.09. The van der Waals surface area contributed by atoms with Crippen molar-refractivity contribution in [3.8, 4) is 12.3 Å². The summed E-state index contributed by atoms with van der Waals surface area (Å²) in [5, 5.41) is 4.27. The van der Waals surface area contributed by atoms with E-state index in [1.165, 1.54) is 6.07 Å². The lowest BCUT2D eigenvalue weighted by atomic mass is 10.0. The summed E-state index contributed by atoms with van der Waals surface area (Å²) < 4.78 is 5.39. The van der Waals surface area contributed by atoms with Gasteiger partial charge >= 0.3 is 5.63 Å². The van der Waals surface area contributed by atoms with Crippen molar-refractivity contribution in [2.45, 2.75) is 20.4 Å². The summed E-state index contributed by atoms with van der Waals surface area (Å²) in [6, 6.07) is 13.2. The van der Waals surface area contributed by atoms with Gasteiger partial charge in [0.25, 0.3) is 0 Å². The third kappa shape index (κ3) is 2.97. The maximum absolute atomic E-state index is 11.9. The number of hydrogen-bond acceptors (Lipinski definition) is 3. The second-order valence-corrected chi connectivity index (χ2v) is 5.55. The van der Waals surface area contributed by atoms with Crippen molar-refractivity contribution in [1.29, 1.82) is 0 Å². The molecule has 0 aliphatic rings. The van der Waals surface area contributed by atoms with Crippen molar-refractivity contribution in [2.24, 2.45) is 0 Å². The molecule has 1 heterocycles. The highest BCUT2D eigenvalue weighted by atomic mass is 16.4. The molecule has 0 spiro atoms. The number of nitrogens with one attached hydrogen (secondary N) is 1. The number of anilines is 1. The average molecular weight is 303 g/mol. The van der Waals surface area contributed by atoms with Crippen molar-refractivity contribution >= 4 is 16.7 Å². The summed E-state index contributed by atoms with van der Waals surface area (Å²) in [6.45, 7) is 4.50. The van der Waals surface area contributed by atoms with E-state index in [4.69, 9.17) is 10.8 Å². The Morgan fingerprint density at radius 3 is 2.78 bits per heavy atom. The molecule has 0 saturated carbocycles. The van der Waals surface area contributed by atoms with Crippen LogP contribution in [0.3, 0.4) is 0 Å². The Bertz CT molecular complexity index is 977. The third-order valence-corrected chi connectivity index (χ3v) is 4.03. The molecule has 0 fully saturated rings. The quantitative estimate of drug-likeness (QED) is 0.587. The Labute approximate surface area is 135 Å². The highest BCUT2D eigenvalue weighted by molar-refractivity contribution is 5.84. The van der Waals surface area contributed by atoms with Gasteiger partial charge in [0.2, 0.25) is 0 Å². The molecule has 0 bridgehead atoms. The van der Waals surface area contributed by atoms with Gasteiger partial charge in [-0.1, -0.05) is 24.1 Å². The Kier molecular flexibility index (Phi) is 3.91. The normalized spacial score (nSPS) is 10.5. The monoisotopic (exact) mass is 303 g/mol. The Morgan fingerprint density at radius 1 is 1.17 bits per heavy atom. The SMILES string of the molecule is C#Cc1cccc(NCc2cc(=O)oc3c(C)c(C)ccc23)c1. The summed E-state index contributed by atoms with van der Waals surface area (Å²) in [6.07, 6.45) is 5.42. The maximum Gasteiger partial charge on any atom is 0.336 e. The van der Waals surface area contributed by atoms with Gasteiger partial charge in [-0.3, -0.25) is 0 Å². The first-order valence-corrected chi connectivity index (χ1v) is 7.42. The fourth-order valence-corrected chi connectivity index (χ4v) is 2.59. The van der Waals surface area contributed by atoms with E-state index in [2.05, 4.69) is 11.2 Å². The molecule has 0 saturated heterocycles. The van der Waals surface area contributed by atoms with E-state index < -0.39 is 0 Å². The van der Waals surface area contributed by atoms with E-state index in [-0.39, 0.29) is 5.63 Å². The minimum atomic E-state index is -0.333. The van der Waals surface area contributed by atoms with Crippen LogP contribution in [0.15, 0.2) is 51.7 Å². The van der Waals surface area contributed by atoms with Crippen molar-refractivity contribution in [2.75, 3.05) is 5.32 Å². The van der Waals surface area contributed by atoms with E-state index in [0.29, 0.717) is 12.1 Å². The number of fused-ring (bicyclic) bond motifs is 1. The highest BCUT2D eigenvalue weighted by Crippen LogP contribution is 2.24. The van der Waals surface area contributed by atoms with Crippen LogP contribution in [-0.2, 0) is 6.54 Å². The maximum atomic E-state index is 11.9. The Balaban J connectivity index is 1.98. The molecule has 114 valence electrons. The van der Waals surface area contributed by atoms with Gasteiger partial charge in [-0.05, 0) is 48.7 Å². The van der Waals surface area contributed by atoms with Gasteiger partial charge in [0.05, 0.1) is 0 Å². The first-order chi connectivity index (χ1) is 11.1. The molecule has 3 heteroatoms. The molecule has 0 amide bonds. The lowest BCUT2D eigenvalue weighted by Crippen LogP contribution is -2.06. The summed E-state index contributed by atoms with van der Waals surface area (Å²) in [4.78, 5) is 11.9. The number of hydrogen-bond donors (Lipinski definition) is 1. The third-order valence-electron chi connectivity index (χ3n) is 4.03. The first kappa shape index (κ1) is 14.9. The molecule has 0 radical (unpaired) electrons. The van der Waals surface area contributed by atoms with Gasteiger partial charge in [0, 0.05) is 29.2 Å². The van der Waals surface area contributed by atoms with Crippen LogP contribution in [0, 0.1) is 26.2 Å². The molecule has 1 aromatic heterocycles. The van der Waals surface area contributed by atoms with Crippen molar-refractivity contribution in [3.63, 3.8) is 0 Å². The van der Waals surface area contributed by atoms with Crippen LogP contribution < -0.4 is 10.9 Å². The second kappa shape index (κ2) is 6.02. The minimum absolute atomic E-state index is 0.333. The van der Waals surface area contributed by atoms with Crippen LogP contribution in [-0.4, -0.2) is 0 Å². The molecule has 1 N–H and O–H groups in total. The van der Waals surface area contributed by atoms with E-state index in [9.17, 15) is 4.79 Å². The minimum Gasteiger partial charge on any atom is -0.422 e. The largest absolute Gasteiger partial charge is 0.422 e. The van der Waals surface area contributed by atoms with Crippen LogP contribution >= 0.6 is 0 Å². The second-order valence-electron chi connectivity index (χ2n) is 5.55. The van der Waals surface area contributed by atoms with Gasteiger partial charge in [0.1, 0.15) is 5.58 Å². The molecule has 23 heavy (non-hydrogen) atoms. The van der Waals surface area contributed by atoms with Crippen LogP contribution in [0.1, 0.15) is 22.3 Å². The lowest BCUT2D eigenvalue weighted by molar-refractivity contribution is 0.556. The lowest BCUT2D eigenvalue weighted by Gasteiger charge is -2.11. The number of benzene rings is 2. The van der Waals surface area contributed by atoms with Crippen LogP contribution in [0.2, 0.25) is 0 Å². The number of aryl methyl sites for hydroxylation is 2. The summed E-state index contributed by atoms with van der Waals surface area (Å²) in [7, 11) is 0. The summed E-state index contributed by atoms with van der Waals surface area (Å²) in [5.74, 6) is 2.61. The molecule has 2 aromatic carbocycles. The molecule has 0 aliphatic carbocycles. The van der Waals surface area contributed by atoms with Gasteiger partial charge in [0.15, 0.2) is 0 Å². The van der Waals surface area contributed by atoms with Gasteiger partial charge in [-0.15, -0.1) is 6.42 Å². The van der Waals surface area contributed by atoms with Gasteiger partial charge < -0.3 is 9.73 Å². The van der Waals surface area contributed by atoms with Crippen LogP contribution in [0.4, 0.5) is 5.69 Å². The van der Waals surface area contributed by atoms with Crippen LogP contribution in [0.25, 0.3) is 11.0 Å². The Hall–Kier alpha value is -2.99. The zero-order valence-electron chi connectivity index (χ0n) is 13.1. The fraction of sp³-hybridized carbons (Fsp3) is 0.150. The predicted octanol–water partition coefficient (Wildman–Crippen LogP) is 4.00. The summed E-state index contributed by atoms with van der Waals surface area (Å²) in [5.41, 5.74) is 5.07. The molecule has 3 aromatic rings. The number of terminal acetylenes is 1. The zero-order chi connectivity index (χ0) is 16.4. The first-order valence-electron chi connectivity index (χ1n) is 7.42. The van der Waals surface area contributed by atoms with E-state index in [1.54, 1.807) is 0 Å². The molecule has 0 aliphatic heterocycles. The van der Waals surface area contributed by atoms with E-state index >= 15 is 0 Å².